The van der Waals surface area contributed by atoms with Crippen LogP contribution in [-0.4, -0.2) is 44.9 Å². The van der Waals surface area contributed by atoms with Crippen molar-refractivity contribution in [2.45, 2.75) is 39.3 Å². The molecular formula is C21H28N4O. The molecule has 4 rings (SSSR count). The van der Waals surface area contributed by atoms with E-state index in [-0.39, 0.29) is 5.41 Å². The molecule has 1 amide bonds. The second-order valence-electron chi connectivity index (χ2n) is 8.01. The van der Waals surface area contributed by atoms with Crippen molar-refractivity contribution in [2.24, 2.45) is 12.5 Å². The largest absolute Gasteiger partial charge is 0.338 e. The third-order valence-electron chi connectivity index (χ3n) is 6.00. The van der Waals surface area contributed by atoms with Gasteiger partial charge in [-0.25, -0.2) is 4.98 Å². The maximum Gasteiger partial charge on any atom is 0.230 e. The second-order valence-corrected chi connectivity index (χ2v) is 8.01. The predicted octanol–water partition coefficient (Wildman–Crippen LogP) is 2.74. The Hall–Kier alpha value is -2.14. The maximum atomic E-state index is 13.3. The SMILES string of the molecule is Cc1cccc(CN2CCCC3(CCN(Cc4nccn4C)C3)C2=O)c1. The highest BCUT2D eigenvalue weighted by atomic mass is 16.2. The molecular weight excluding hydrogens is 324 g/mol. The van der Waals surface area contributed by atoms with Gasteiger partial charge in [-0.15, -0.1) is 0 Å². The van der Waals surface area contributed by atoms with Gasteiger partial charge in [0, 0.05) is 39.1 Å². The molecule has 1 aromatic carbocycles. The summed E-state index contributed by atoms with van der Waals surface area (Å²) < 4.78 is 2.07. The summed E-state index contributed by atoms with van der Waals surface area (Å²) in [4.78, 5) is 22.3. The zero-order valence-corrected chi connectivity index (χ0v) is 15.8. The molecule has 1 atom stereocenters. The number of rotatable bonds is 4. The first-order chi connectivity index (χ1) is 12.6. The van der Waals surface area contributed by atoms with Gasteiger partial charge in [0.15, 0.2) is 0 Å². The zero-order valence-electron chi connectivity index (χ0n) is 15.8. The van der Waals surface area contributed by atoms with Crippen LogP contribution in [0.2, 0.25) is 0 Å². The van der Waals surface area contributed by atoms with E-state index < -0.39 is 0 Å². The minimum atomic E-state index is -0.187. The number of imidazole rings is 1. The number of carbonyl (C=O) groups is 1. The van der Waals surface area contributed by atoms with Crippen LogP contribution in [-0.2, 0) is 24.9 Å². The summed E-state index contributed by atoms with van der Waals surface area (Å²) in [6, 6.07) is 8.51. The van der Waals surface area contributed by atoms with E-state index in [2.05, 4.69) is 50.5 Å². The highest BCUT2D eigenvalue weighted by Crippen LogP contribution is 2.40. The summed E-state index contributed by atoms with van der Waals surface area (Å²) in [6.45, 7) is 6.40. The topological polar surface area (TPSA) is 41.4 Å². The Labute approximate surface area is 155 Å². The molecule has 2 aliphatic heterocycles. The quantitative estimate of drug-likeness (QED) is 0.850. The van der Waals surface area contributed by atoms with Crippen molar-refractivity contribution in [3.05, 3.63) is 53.6 Å². The van der Waals surface area contributed by atoms with E-state index in [1.165, 1.54) is 11.1 Å². The summed E-state index contributed by atoms with van der Waals surface area (Å²) in [5.41, 5.74) is 2.30. The third kappa shape index (κ3) is 3.28. The lowest BCUT2D eigenvalue weighted by molar-refractivity contribution is -0.146. The van der Waals surface area contributed by atoms with E-state index in [1.54, 1.807) is 0 Å². The normalized spacial score (nSPS) is 23.9. The fourth-order valence-electron chi connectivity index (χ4n) is 4.55. The molecule has 0 N–H and O–H groups in total. The maximum absolute atomic E-state index is 13.3. The Balaban J connectivity index is 1.45. The van der Waals surface area contributed by atoms with Gasteiger partial charge in [-0.3, -0.25) is 9.69 Å². The Morgan fingerprint density at radius 1 is 1.19 bits per heavy atom. The summed E-state index contributed by atoms with van der Waals surface area (Å²) in [6.07, 6.45) is 6.93. The summed E-state index contributed by atoms with van der Waals surface area (Å²) >= 11 is 0. The molecule has 3 heterocycles. The van der Waals surface area contributed by atoms with Crippen molar-refractivity contribution in [2.75, 3.05) is 19.6 Å². The van der Waals surface area contributed by atoms with Gasteiger partial charge in [-0.05, 0) is 38.3 Å². The van der Waals surface area contributed by atoms with Gasteiger partial charge in [-0.1, -0.05) is 29.8 Å². The average Bonchev–Trinajstić information content (AvgIpc) is 3.20. The van der Waals surface area contributed by atoms with E-state index in [9.17, 15) is 4.79 Å². The molecule has 0 radical (unpaired) electrons. The van der Waals surface area contributed by atoms with Gasteiger partial charge in [0.1, 0.15) is 5.82 Å². The van der Waals surface area contributed by atoms with E-state index in [0.29, 0.717) is 5.91 Å². The molecule has 5 heteroatoms. The van der Waals surface area contributed by atoms with Crippen LogP contribution < -0.4 is 0 Å². The monoisotopic (exact) mass is 352 g/mol. The second kappa shape index (κ2) is 6.88. The molecule has 0 aliphatic carbocycles. The van der Waals surface area contributed by atoms with Gasteiger partial charge in [0.25, 0.3) is 0 Å². The van der Waals surface area contributed by atoms with Gasteiger partial charge in [0.2, 0.25) is 5.91 Å². The van der Waals surface area contributed by atoms with Crippen molar-refractivity contribution < 1.29 is 4.79 Å². The van der Waals surface area contributed by atoms with E-state index >= 15 is 0 Å². The van der Waals surface area contributed by atoms with Crippen LogP contribution >= 0.6 is 0 Å². The minimum absolute atomic E-state index is 0.187. The Morgan fingerprint density at radius 3 is 2.85 bits per heavy atom. The lowest BCUT2D eigenvalue weighted by atomic mass is 9.78. The molecule has 0 bridgehead atoms. The van der Waals surface area contributed by atoms with Crippen LogP contribution in [0.1, 0.15) is 36.2 Å². The van der Waals surface area contributed by atoms with Crippen molar-refractivity contribution in [1.82, 2.24) is 19.4 Å². The highest BCUT2D eigenvalue weighted by molar-refractivity contribution is 5.84. The summed E-state index contributed by atoms with van der Waals surface area (Å²) in [7, 11) is 2.03. The van der Waals surface area contributed by atoms with E-state index in [4.69, 9.17) is 0 Å². The molecule has 2 fully saturated rings. The lowest BCUT2D eigenvalue weighted by Gasteiger charge is -2.39. The van der Waals surface area contributed by atoms with Gasteiger partial charge in [0.05, 0.1) is 12.0 Å². The Morgan fingerprint density at radius 2 is 2.08 bits per heavy atom. The number of amides is 1. The van der Waals surface area contributed by atoms with Crippen LogP contribution in [0, 0.1) is 12.3 Å². The number of carbonyl (C=O) groups excluding carboxylic acids is 1. The molecule has 1 unspecified atom stereocenters. The standard InChI is InChI=1S/C21H28N4O/c1-17-5-3-6-18(13-17)14-25-10-4-7-21(20(25)26)8-11-24(16-21)15-19-22-9-12-23(19)2/h3,5-6,9,12-13H,4,7-8,10-11,14-16H2,1-2H3. The van der Waals surface area contributed by atoms with Crippen molar-refractivity contribution in [3.63, 3.8) is 0 Å². The fraction of sp³-hybridized carbons (Fsp3) is 0.524. The number of benzene rings is 1. The molecule has 0 saturated carbocycles. The van der Waals surface area contributed by atoms with Gasteiger partial charge in [-0.2, -0.15) is 0 Å². The van der Waals surface area contributed by atoms with Crippen LogP contribution in [0.4, 0.5) is 0 Å². The number of piperidine rings is 1. The minimum Gasteiger partial charge on any atom is -0.338 e. The van der Waals surface area contributed by atoms with Gasteiger partial charge < -0.3 is 9.47 Å². The first-order valence-corrected chi connectivity index (χ1v) is 9.59. The zero-order chi connectivity index (χ0) is 18.1. The molecule has 1 aromatic heterocycles. The van der Waals surface area contributed by atoms with Crippen LogP contribution in [0.25, 0.3) is 0 Å². The summed E-state index contributed by atoms with van der Waals surface area (Å²) in [5, 5.41) is 0. The third-order valence-corrected chi connectivity index (χ3v) is 6.00. The molecule has 1 spiro atoms. The van der Waals surface area contributed by atoms with Crippen LogP contribution in [0.3, 0.4) is 0 Å². The first-order valence-electron chi connectivity index (χ1n) is 9.59. The number of aromatic nitrogens is 2. The lowest BCUT2D eigenvalue weighted by Crippen LogP contribution is -2.49. The number of aryl methyl sites for hydroxylation is 2. The Bertz CT molecular complexity index is 799. The predicted molar refractivity (Wildman–Crippen MR) is 101 cm³/mol. The van der Waals surface area contributed by atoms with E-state index in [1.807, 2.05) is 19.4 Å². The number of hydrogen-bond donors (Lipinski definition) is 0. The van der Waals surface area contributed by atoms with Gasteiger partial charge >= 0.3 is 0 Å². The smallest absolute Gasteiger partial charge is 0.230 e. The average molecular weight is 352 g/mol. The molecule has 2 aromatic rings. The number of likely N-dealkylation sites (tertiary alicyclic amines) is 2. The highest BCUT2D eigenvalue weighted by Gasteiger charge is 2.48. The van der Waals surface area contributed by atoms with E-state index in [0.717, 1.165) is 57.8 Å². The number of nitrogens with zero attached hydrogens (tertiary/aromatic N) is 4. The fourth-order valence-corrected chi connectivity index (χ4v) is 4.55. The molecule has 5 nitrogen and oxygen atoms in total. The molecule has 2 saturated heterocycles. The van der Waals surface area contributed by atoms with Crippen molar-refractivity contribution in [1.29, 1.82) is 0 Å². The van der Waals surface area contributed by atoms with Crippen molar-refractivity contribution >= 4 is 5.91 Å². The number of hydrogen-bond acceptors (Lipinski definition) is 3. The molecule has 138 valence electrons. The van der Waals surface area contributed by atoms with Crippen LogP contribution in [0.5, 0.6) is 0 Å². The Kier molecular flexibility index (Phi) is 4.57. The first kappa shape index (κ1) is 17.3. The van der Waals surface area contributed by atoms with Crippen LogP contribution in [0.15, 0.2) is 36.7 Å². The molecule has 26 heavy (non-hydrogen) atoms. The van der Waals surface area contributed by atoms with Crippen molar-refractivity contribution in [3.8, 4) is 0 Å². The molecule has 2 aliphatic rings. The summed E-state index contributed by atoms with van der Waals surface area (Å²) in [5.74, 6) is 1.43.